The fourth-order valence-corrected chi connectivity index (χ4v) is 3.46. The molecule has 2 aromatic rings. The van der Waals surface area contributed by atoms with Crippen molar-refractivity contribution in [2.45, 2.75) is 26.8 Å². The molecule has 1 aromatic heterocycles. The van der Waals surface area contributed by atoms with Crippen LogP contribution in [0, 0.1) is 24.0 Å². The summed E-state index contributed by atoms with van der Waals surface area (Å²) in [5, 5.41) is 15.1. The fourth-order valence-electron chi connectivity index (χ4n) is 2.01. The number of hydrogen-bond acceptors (Lipinski definition) is 5. The molecule has 0 saturated heterocycles. The molecule has 0 bridgehead atoms. The van der Waals surface area contributed by atoms with Gasteiger partial charge in [-0.2, -0.15) is 0 Å². The lowest BCUT2D eigenvalue weighted by molar-refractivity contribution is -0.385. The van der Waals surface area contributed by atoms with Gasteiger partial charge < -0.3 is 5.32 Å². The third-order valence-corrected chi connectivity index (χ3v) is 4.75. The Bertz CT molecular complexity index is 657. The maximum absolute atomic E-state index is 10.8. The molecule has 1 heterocycles. The maximum Gasteiger partial charge on any atom is 0.283 e. The zero-order chi connectivity index (χ0) is 14.9. The Morgan fingerprint density at radius 1 is 1.45 bits per heavy atom. The number of nitro benzene ring substituents is 1. The van der Waals surface area contributed by atoms with Gasteiger partial charge in [-0.05, 0) is 48.8 Å². The van der Waals surface area contributed by atoms with Crippen LogP contribution in [0.4, 0.5) is 11.4 Å². The van der Waals surface area contributed by atoms with Crippen LogP contribution in [-0.2, 0) is 0 Å². The molecule has 0 spiro atoms. The molecule has 0 radical (unpaired) electrons. The van der Waals surface area contributed by atoms with Crippen LogP contribution in [0.3, 0.4) is 0 Å². The molecule has 7 heteroatoms. The molecule has 0 aliphatic carbocycles. The highest BCUT2D eigenvalue weighted by atomic mass is 79.9. The molecule has 2 rings (SSSR count). The number of benzene rings is 1. The van der Waals surface area contributed by atoms with Crippen molar-refractivity contribution < 1.29 is 4.92 Å². The van der Waals surface area contributed by atoms with Gasteiger partial charge in [0.15, 0.2) is 0 Å². The minimum absolute atomic E-state index is 0.0630. The number of aryl methyl sites for hydroxylation is 2. The average molecular weight is 356 g/mol. The van der Waals surface area contributed by atoms with E-state index in [4.69, 9.17) is 0 Å². The summed E-state index contributed by atoms with van der Waals surface area (Å²) in [7, 11) is 0. The normalized spacial score (nSPS) is 12.2. The Morgan fingerprint density at radius 2 is 2.15 bits per heavy atom. The third-order valence-electron chi connectivity index (χ3n) is 2.86. The second-order valence-corrected chi connectivity index (χ2v) is 6.56. The van der Waals surface area contributed by atoms with Gasteiger partial charge in [0.05, 0.1) is 26.1 Å². The van der Waals surface area contributed by atoms with Crippen LogP contribution >= 0.6 is 27.3 Å². The number of nitro groups is 1. The molecule has 5 nitrogen and oxygen atoms in total. The number of rotatable bonds is 4. The molecule has 1 unspecified atom stereocenters. The lowest BCUT2D eigenvalue weighted by atomic mass is 10.2. The van der Waals surface area contributed by atoms with E-state index in [0.717, 1.165) is 16.4 Å². The Morgan fingerprint density at radius 3 is 2.65 bits per heavy atom. The number of nitrogens with one attached hydrogen (secondary N) is 1. The van der Waals surface area contributed by atoms with Crippen molar-refractivity contribution in [3.63, 3.8) is 0 Å². The summed E-state index contributed by atoms with van der Waals surface area (Å²) in [6, 6.07) is 5.03. The van der Waals surface area contributed by atoms with E-state index in [1.54, 1.807) is 23.5 Å². The van der Waals surface area contributed by atoms with E-state index in [-0.39, 0.29) is 11.7 Å². The van der Waals surface area contributed by atoms with Gasteiger partial charge in [0.25, 0.3) is 5.69 Å². The number of nitrogens with zero attached hydrogens (tertiary/aromatic N) is 2. The van der Waals surface area contributed by atoms with E-state index in [1.165, 1.54) is 10.9 Å². The quantitative estimate of drug-likeness (QED) is 0.642. The predicted octanol–water partition coefficient (Wildman–Crippen LogP) is 4.60. The Hall–Kier alpha value is -1.47. The fraction of sp³-hybridized carbons (Fsp3) is 0.308. The van der Waals surface area contributed by atoms with Crippen molar-refractivity contribution in [3.8, 4) is 0 Å². The molecular weight excluding hydrogens is 342 g/mol. The molecule has 0 fully saturated rings. The summed E-state index contributed by atoms with van der Waals surface area (Å²) in [6.45, 7) is 6.02. The van der Waals surface area contributed by atoms with Crippen LogP contribution in [0.1, 0.15) is 28.5 Å². The van der Waals surface area contributed by atoms with Crippen LogP contribution in [0.5, 0.6) is 0 Å². The Kier molecular flexibility index (Phi) is 4.39. The molecule has 1 N–H and O–H groups in total. The summed E-state index contributed by atoms with van der Waals surface area (Å²) in [5.74, 6) is 0. The molecule has 0 saturated carbocycles. The second-order valence-electron chi connectivity index (χ2n) is 4.47. The third kappa shape index (κ3) is 3.16. The summed E-state index contributed by atoms with van der Waals surface area (Å²) >= 11 is 4.88. The number of anilines is 1. The van der Waals surface area contributed by atoms with Crippen LogP contribution in [0.25, 0.3) is 0 Å². The van der Waals surface area contributed by atoms with Crippen molar-refractivity contribution in [2.75, 3.05) is 5.32 Å². The van der Waals surface area contributed by atoms with Crippen LogP contribution in [0.15, 0.2) is 22.7 Å². The Labute approximate surface area is 129 Å². The first kappa shape index (κ1) is 14.9. The van der Waals surface area contributed by atoms with Gasteiger partial charge in [-0.1, -0.05) is 0 Å². The highest BCUT2D eigenvalue weighted by molar-refractivity contribution is 9.10. The molecule has 0 amide bonds. The van der Waals surface area contributed by atoms with Crippen molar-refractivity contribution in [1.29, 1.82) is 0 Å². The summed E-state index contributed by atoms with van der Waals surface area (Å²) in [6.07, 6.45) is 0. The Balaban J connectivity index is 2.20. The second kappa shape index (κ2) is 5.88. The molecule has 0 aliphatic rings. The average Bonchev–Trinajstić information content (AvgIpc) is 2.68. The van der Waals surface area contributed by atoms with Gasteiger partial charge in [0.1, 0.15) is 0 Å². The van der Waals surface area contributed by atoms with Gasteiger partial charge in [0, 0.05) is 16.6 Å². The SMILES string of the molecule is Cc1nc(C)c(C(C)Nc2ccc([N+](=O)[O-])c(Br)c2)s1. The molecule has 1 aromatic carbocycles. The van der Waals surface area contributed by atoms with E-state index in [1.807, 2.05) is 13.8 Å². The van der Waals surface area contributed by atoms with Gasteiger partial charge in [-0.3, -0.25) is 10.1 Å². The number of aromatic nitrogens is 1. The van der Waals surface area contributed by atoms with Gasteiger partial charge in [-0.15, -0.1) is 11.3 Å². The lowest BCUT2D eigenvalue weighted by Crippen LogP contribution is -2.06. The van der Waals surface area contributed by atoms with Crippen molar-refractivity contribution in [3.05, 3.63) is 48.4 Å². The number of thiazole rings is 1. The smallest absolute Gasteiger partial charge is 0.283 e. The van der Waals surface area contributed by atoms with Crippen LogP contribution in [0.2, 0.25) is 0 Å². The van der Waals surface area contributed by atoms with Crippen LogP contribution < -0.4 is 5.32 Å². The minimum Gasteiger partial charge on any atom is -0.378 e. The van der Waals surface area contributed by atoms with E-state index in [0.29, 0.717) is 4.47 Å². The van der Waals surface area contributed by atoms with Crippen LogP contribution in [-0.4, -0.2) is 9.91 Å². The van der Waals surface area contributed by atoms with E-state index in [2.05, 4.69) is 33.2 Å². The maximum atomic E-state index is 10.8. The zero-order valence-electron chi connectivity index (χ0n) is 11.3. The topological polar surface area (TPSA) is 68.1 Å². The van der Waals surface area contributed by atoms with Gasteiger partial charge in [0.2, 0.25) is 0 Å². The zero-order valence-corrected chi connectivity index (χ0v) is 13.7. The highest BCUT2D eigenvalue weighted by Crippen LogP contribution is 2.31. The standard InChI is InChI=1S/C13H14BrN3O2S/c1-7-13(20-9(3)15-7)8(2)16-10-4-5-12(17(18)19)11(14)6-10/h4-6,8,16H,1-3H3. The van der Waals surface area contributed by atoms with E-state index < -0.39 is 4.92 Å². The van der Waals surface area contributed by atoms with Gasteiger partial charge >= 0.3 is 0 Å². The van der Waals surface area contributed by atoms with Gasteiger partial charge in [-0.25, -0.2) is 4.98 Å². The van der Waals surface area contributed by atoms with Crippen molar-refractivity contribution >= 4 is 38.6 Å². The molecule has 106 valence electrons. The molecule has 0 aliphatic heterocycles. The highest BCUT2D eigenvalue weighted by Gasteiger charge is 2.15. The molecular formula is C13H14BrN3O2S. The molecule has 1 atom stereocenters. The first-order chi connectivity index (χ1) is 9.38. The summed E-state index contributed by atoms with van der Waals surface area (Å²) in [5.41, 5.74) is 1.92. The lowest BCUT2D eigenvalue weighted by Gasteiger charge is -2.14. The first-order valence-corrected chi connectivity index (χ1v) is 7.64. The molecule has 20 heavy (non-hydrogen) atoms. The van der Waals surface area contributed by atoms with Crippen molar-refractivity contribution in [2.24, 2.45) is 0 Å². The monoisotopic (exact) mass is 355 g/mol. The van der Waals surface area contributed by atoms with E-state index >= 15 is 0 Å². The van der Waals surface area contributed by atoms with Crippen molar-refractivity contribution in [1.82, 2.24) is 4.98 Å². The van der Waals surface area contributed by atoms with E-state index in [9.17, 15) is 10.1 Å². The first-order valence-electron chi connectivity index (χ1n) is 6.03. The summed E-state index contributed by atoms with van der Waals surface area (Å²) in [4.78, 5) is 16.0. The number of hydrogen-bond donors (Lipinski definition) is 1. The largest absolute Gasteiger partial charge is 0.378 e. The minimum atomic E-state index is -0.409. The number of halogens is 1. The summed E-state index contributed by atoms with van der Waals surface area (Å²) < 4.78 is 0.469. The predicted molar refractivity (Wildman–Crippen MR) is 84.4 cm³/mol.